The van der Waals surface area contributed by atoms with E-state index >= 15 is 0 Å². The molecule has 1 aromatic carbocycles. The molecule has 0 saturated heterocycles. The minimum Gasteiger partial charge on any atom is -0.505 e. The number of carboxylic acid groups (broad SMARTS) is 1. The Morgan fingerprint density at radius 2 is 1.79 bits per heavy atom. The lowest BCUT2D eigenvalue weighted by atomic mass is 10.0. The van der Waals surface area contributed by atoms with Crippen LogP contribution < -0.4 is 5.56 Å². The third-order valence-electron chi connectivity index (χ3n) is 4.50. The Hall–Kier alpha value is -4.00. The lowest BCUT2D eigenvalue weighted by Gasteiger charge is -2.14. The fourth-order valence-electron chi connectivity index (χ4n) is 3.14. The Kier molecular flexibility index (Phi) is 4.33. The summed E-state index contributed by atoms with van der Waals surface area (Å²) in [7, 11) is 0. The molecule has 3 aromatic heterocycles. The zero-order chi connectivity index (χ0) is 19.7. The Morgan fingerprint density at radius 1 is 1.07 bits per heavy atom. The molecule has 0 atom stereocenters. The van der Waals surface area contributed by atoms with Gasteiger partial charge in [-0.1, -0.05) is 30.3 Å². The van der Waals surface area contributed by atoms with Crippen LogP contribution in [0, 0.1) is 0 Å². The second kappa shape index (κ2) is 6.96. The van der Waals surface area contributed by atoms with Gasteiger partial charge in [0.05, 0.1) is 18.3 Å². The third kappa shape index (κ3) is 2.99. The topological polar surface area (TPSA) is 105 Å². The van der Waals surface area contributed by atoms with Gasteiger partial charge in [0, 0.05) is 23.3 Å². The van der Waals surface area contributed by atoms with Crippen molar-refractivity contribution in [3.8, 4) is 16.9 Å². The van der Waals surface area contributed by atoms with Crippen LogP contribution in [0.15, 0.2) is 71.9 Å². The monoisotopic (exact) mass is 373 g/mol. The molecule has 4 rings (SSSR count). The van der Waals surface area contributed by atoms with Gasteiger partial charge in [0.25, 0.3) is 5.56 Å². The summed E-state index contributed by atoms with van der Waals surface area (Å²) < 4.78 is 1.48. The molecule has 7 heteroatoms. The summed E-state index contributed by atoms with van der Waals surface area (Å²) >= 11 is 0. The molecule has 0 radical (unpaired) electrons. The van der Waals surface area contributed by atoms with E-state index in [4.69, 9.17) is 0 Å². The lowest BCUT2D eigenvalue weighted by molar-refractivity contribution is 0.0687. The molecule has 0 aliphatic heterocycles. The largest absolute Gasteiger partial charge is 0.505 e. The van der Waals surface area contributed by atoms with Crippen molar-refractivity contribution in [1.82, 2.24) is 14.5 Å². The maximum atomic E-state index is 13.2. The number of nitrogens with zero attached hydrogens (tertiary/aromatic N) is 3. The molecular formula is C21H15N3O4. The van der Waals surface area contributed by atoms with E-state index in [2.05, 4.69) is 9.97 Å². The minimum absolute atomic E-state index is 0.245. The molecule has 2 N–H and O–H groups in total. The van der Waals surface area contributed by atoms with Crippen molar-refractivity contribution >= 4 is 16.9 Å². The third-order valence-corrected chi connectivity index (χ3v) is 4.50. The molecule has 0 aliphatic rings. The van der Waals surface area contributed by atoms with Gasteiger partial charge in [-0.05, 0) is 29.3 Å². The number of carbonyl (C=O) groups is 1. The van der Waals surface area contributed by atoms with Crippen LogP contribution in [-0.4, -0.2) is 30.7 Å². The summed E-state index contributed by atoms with van der Waals surface area (Å²) in [6, 6.07) is 14.3. The quantitative estimate of drug-likeness (QED) is 0.570. The van der Waals surface area contributed by atoms with Gasteiger partial charge in [0.1, 0.15) is 0 Å². The van der Waals surface area contributed by atoms with Crippen LogP contribution in [0.25, 0.3) is 22.0 Å². The summed E-state index contributed by atoms with van der Waals surface area (Å²) in [5, 5.41) is 20.0. The van der Waals surface area contributed by atoms with Crippen molar-refractivity contribution in [2.75, 3.05) is 0 Å². The van der Waals surface area contributed by atoms with Crippen LogP contribution >= 0.6 is 0 Å². The first-order valence-electron chi connectivity index (χ1n) is 8.49. The number of pyridine rings is 3. The number of fused-ring (bicyclic) bond motifs is 1. The van der Waals surface area contributed by atoms with E-state index in [9.17, 15) is 19.8 Å². The van der Waals surface area contributed by atoms with Gasteiger partial charge >= 0.3 is 5.97 Å². The Labute approximate surface area is 159 Å². The Balaban J connectivity index is 2.05. The predicted molar refractivity (Wildman–Crippen MR) is 103 cm³/mol. The van der Waals surface area contributed by atoms with Crippen LogP contribution in [-0.2, 0) is 6.54 Å². The molecule has 28 heavy (non-hydrogen) atoms. The number of rotatable bonds is 4. The number of hydrogen-bond acceptors (Lipinski definition) is 5. The van der Waals surface area contributed by atoms with E-state index in [0.29, 0.717) is 16.6 Å². The first-order chi connectivity index (χ1) is 13.6. The summed E-state index contributed by atoms with van der Waals surface area (Å²) in [4.78, 5) is 32.4. The Morgan fingerprint density at radius 3 is 2.46 bits per heavy atom. The van der Waals surface area contributed by atoms with Crippen LogP contribution in [0.2, 0.25) is 0 Å². The van der Waals surface area contributed by atoms with Crippen molar-refractivity contribution in [3.05, 3.63) is 88.7 Å². The highest BCUT2D eigenvalue weighted by Gasteiger charge is 2.19. The number of aromatic hydroxyl groups is 1. The maximum absolute atomic E-state index is 13.2. The van der Waals surface area contributed by atoms with Crippen molar-refractivity contribution in [3.63, 3.8) is 0 Å². The molecule has 0 amide bonds. The zero-order valence-corrected chi connectivity index (χ0v) is 14.6. The maximum Gasteiger partial charge on any atom is 0.358 e. The van der Waals surface area contributed by atoms with Crippen molar-refractivity contribution in [2.45, 2.75) is 6.54 Å². The van der Waals surface area contributed by atoms with E-state index in [1.165, 1.54) is 16.8 Å². The molecule has 4 aromatic rings. The average molecular weight is 373 g/mol. The Bertz CT molecular complexity index is 1240. The average Bonchev–Trinajstić information content (AvgIpc) is 2.71. The van der Waals surface area contributed by atoms with Crippen molar-refractivity contribution < 1.29 is 15.0 Å². The second-order valence-electron chi connectivity index (χ2n) is 6.23. The summed E-state index contributed by atoms with van der Waals surface area (Å²) in [5.74, 6) is -1.81. The fourth-order valence-corrected chi connectivity index (χ4v) is 3.14. The molecule has 0 spiro atoms. The molecule has 0 fully saturated rings. The van der Waals surface area contributed by atoms with Gasteiger partial charge in [-0.3, -0.25) is 9.78 Å². The predicted octanol–water partition coefficient (Wildman–Crippen LogP) is 2.91. The molecule has 3 heterocycles. The highest BCUT2D eigenvalue weighted by Crippen LogP contribution is 2.29. The second-order valence-corrected chi connectivity index (χ2v) is 6.23. The van der Waals surface area contributed by atoms with Crippen LogP contribution in [0.4, 0.5) is 0 Å². The van der Waals surface area contributed by atoms with E-state index < -0.39 is 17.4 Å². The highest BCUT2D eigenvalue weighted by atomic mass is 16.4. The van der Waals surface area contributed by atoms with Gasteiger partial charge in [-0.25, -0.2) is 9.78 Å². The minimum atomic E-state index is -1.34. The van der Waals surface area contributed by atoms with Crippen LogP contribution in [0.5, 0.6) is 5.75 Å². The van der Waals surface area contributed by atoms with E-state index in [1.807, 2.05) is 30.3 Å². The van der Waals surface area contributed by atoms with Crippen molar-refractivity contribution in [1.29, 1.82) is 0 Å². The normalized spacial score (nSPS) is 10.9. The van der Waals surface area contributed by atoms with Gasteiger partial charge in [0.2, 0.25) is 0 Å². The van der Waals surface area contributed by atoms with Crippen molar-refractivity contribution in [2.24, 2.45) is 0 Å². The van der Waals surface area contributed by atoms with Gasteiger partial charge in [0.15, 0.2) is 11.4 Å². The summed E-state index contributed by atoms with van der Waals surface area (Å²) in [5.41, 5.74) is 1.47. The van der Waals surface area contributed by atoms with Gasteiger partial charge in [-0.2, -0.15) is 0 Å². The van der Waals surface area contributed by atoms with Gasteiger partial charge in [-0.15, -0.1) is 0 Å². The SMILES string of the molecule is O=C(O)c1ncc2c(cc(-c3ccncc3)c(=O)n2Cc2ccccc2)c1O. The molecule has 138 valence electrons. The first-order valence-corrected chi connectivity index (χ1v) is 8.49. The number of aromatic nitrogens is 3. The van der Waals surface area contributed by atoms with E-state index in [0.717, 1.165) is 5.56 Å². The lowest BCUT2D eigenvalue weighted by Crippen LogP contribution is -2.23. The molecule has 0 bridgehead atoms. The highest BCUT2D eigenvalue weighted by molar-refractivity contribution is 5.98. The molecule has 7 nitrogen and oxygen atoms in total. The number of benzene rings is 1. The van der Waals surface area contributed by atoms with Crippen LogP contribution in [0.3, 0.4) is 0 Å². The summed E-state index contributed by atoms with van der Waals surface area (Å²) in [6.45, 7) is 0.253. The standard InChI is InChI=1S/C21H15N3O4/c25-19-16-10-15(14-6-8-22-9-7-14)20(26)24(12-13-4-2-1-3-5-13)17(16)11-23-18(19)21(27)28/h1-11,25H,12H2,(H,27,28). The smallest absolute Gasteiger partial charge is 0.358 e. The molecule has 0 aliphatic carbocycles. The van der Waals surface area contributed by atoms with E-state index in [1.54, 1.807) is 24.5 Å². The molecule has 0 saturated carbocycles. The molecular weight excluding hydrogens is 358 g/mol. The number of aromatic carboxylic acids is 1. The molecule has 0 unspecified atom stereocenters. The zero-order valence-electron chi connectivity index (χ0n) is 14.6. The number of carboxylic acids is 1. The fraction of sp³-hybridized carbons (Fsp3) is 0.0476. The van der Waals surface area contributed by atoms with Gasteiger partial charge < -0.3 is 14.8 Å². The summed E-state index contributed by atoms with van der Waals surface area (Å²) in [6.07, 6.45) is 4.43. The number of hydrogen-bond donors (Lipinski definition) is 2. The van der Waals surface area contributed by atoms with E-state index in [-0.39, 0.29) is 17.5 Å². The first kappa shape index (κ1) is 17.4. The van der Waals surface area contributed by atoms with Crippen LogP contribution in [0.1, 0.15) is 16.1 Å².